The Hall–Kier alpha value is -2.17. The lowest BCUT2D eigenvalue weighted by atomic mass is 10.3. The SMILES string of the molecule is Cc1c(CNC=O)nnn1-c1ccccc1. The maximum atomic E-state index is 10.2. The van der Waals surface area contributed by atoms with Gasteiger partial charge in [-0.1, -0.05) is 23.4 Å². The van der Waals surface area contributed by atoms with E-state index in [1.165, 1.54) is 0 Å². The van der Waals surface area contributed by atoms with Gasteiger partial charge in [0, 0.05) is 0 Å². The zero-order valence-electron chi connectivity index (χ0n) is 8.92. The molecule has 1 heterocycles. The third-order valence-electron chi connectivity index (χ3n) is 2.34. The zero-order valence-corrected chi connectivity index (χ0v) is 8.92. The van der Waals surface area contributed by atoms with Crippen LogP contribution in [0.1, 0.15) is 11.4 Å². The fraction of sp³-hybridized carbons (Fsp3) is 0.182. The Morgan fingerprint density at radius 3 is 2.81 bits per heavy atom. The Labute approximate surface area is 93.1 Å². The van der Waals surface area contributed by atoms with Crippen LogP contribution in [0.4, 0.5) is 0 Å². The molecule has 1 aromatic heterocycles. The Bertz CT molecular complexity index is 478. The van der Waals surface area contributed by atoms with E-state index in [4.69, 9.17) is 0 Å². The molecule has 1 amide bonds. The second-order valence-electron chi connectivity index (χ2n) is 3.37. The van der Waals surface area contributed by atoms with E-state index in [2.05, 4.69) is 15.6 Å². The minimum Gasteiger partial charge on any atom is -0.353 e. The summed E-state index contributed by atoms with van der Waals surface area (Å²) in [5.74, 6) is 0. The highest BCUT2D eigenvalue weighted by atomic mass is 16.1. The predicted molar refractivity (Wildman–Crippen MR) is 59.0 cm³/mol. The fourth-order valence-electron chi connectivity index (χ4n) is 1.48. The highest BCUT2D eigenvalue weighted by Gasteiger charge is 2.08. The van der Waals surface area contributed by atoms with Crippen molar-refractivity contribution in [1.82, 2.24) is 20.3 Å². The number of aromatic nitrogens is 3. The molecule has 5 nitrogen and oxygen atoms in total. The number of nitrogens with zero attached hydrogens (tertiary/aromatic N) is 3. The van der Waals surface area contributed by atoms with Crippen LogP contribution in [-0.2, 0) is 11.3 Å². The van der Waals surface area contributed by atoms with Crippen molar-refractivity contribution in [2.75, 3.05) is 0 Å². The number of hydrogen-bond acceptors (Lipinski definition) is 3. The predicted octanol–water partition coefficient (Wildman–Crippen LogP) is 0.822. The first-order chi connectivity index (χ1) is 7.83. The molecule has 0 saturated heterocycles. The maximum Gasteiger partial charge on any atom is 0.207 e. The molecule has 0 aliphatic carbocycles. The van der Waals surface area contributed by atoms with E-state index in [0.717, 1.165) is 17.1 Å². The molecule has 1 N–H and O–H groups in total. The lowest BCUT2D eigenvalue weighted by Gasteiger charge is -2.02. The van der Waals surface area contributed by atoms with Crippen molar-refractivity contribution >= 4 is 6.41 Å². The number of para-hydroxylation sites is 1. The number of benzene rings is 1. The average molecular weight is 216 g/mol. The fourth-order valence-corrected chi connectivity index (χ4v) is 1.48. The highest BCUT2D eigenvalue weighted by Crippen LogP contribution is 2.11. The van der Waals surface area contributed by atoms with Crippen LogP contribution >= 0.6 is 0 Å². The molecule has 0 atom stereocenters. The summed E-state index contributed by atoms with van der Waals surface area (Å²) in [6.07, 6.45) is 0.654. The van der Waals surface area contributed by atoms with Crippen molar-refractivity contribution in [2.24, 2.45) is 0 Å². The van der Waals surface area contributed by atoms with Crippen LogP contribution in [0.15, 0.2) is 30.3 Å². The molecule has 2 aromatic rings. The number of hydrogen-bond donors (Lipinski definition) is 1. The van der Waals surface area contributed by atoms with Crippen molar-refractivity contribution < 1.29 is 4.79 Å². The Balaban J connectivity index is 2.30. The molecule has 0 radical (unpaired) electrons. The van der Waals surface area contributed by atoms with Crippen molar-refractivity contribution in [3.63, 3.8) is 0 Å². The number of carbonyl (C=O) groups excluding carboxylic acids is 1. The summed E-state index contributed by atoms with van der Waals surface area (Å²) < 4.78 is 1.75. The summed E-state index contributed by atoms with van der Waals surface area (Å²) in [5.41, 5.74) is 2.67. The Morgan fingerprint density at radius 2 is 2.12 bits per heavy atom. The van der Waals surface area contributed by atoms with Gasteiger partial charge in [-0.05, 0) is 19.1 Å². The number of nitrogens with one attached hydrogen (secondary N) is 1. The molecular weight excluding hydrogens is 204 g/mol. The van der Waals surface area contributed by atoms with Crippen LogP contribution < -0.4 is 5.32 Å². The van der Waals surface area contributed by atoms with E-state index in [0.29, 0.717) is 13.0 Å². The first kappa shape index (κ1) is 10.4. The van der Waals surface area contributed by atoms with Crippen molar-refractivity contribution in [2.45, 2.75) is 13.5 Å². The van der Waals surface area contributed by atoms with Gasteiger partial charge in [-0.3, -0.25) is 4.79 Å². The van der Waals surface area contributed by atoms with Crippen LogP contribution in [-0.4, -0.2) is 21.4 Å². The van der Waals surface area contributed by atoms with Crippen LogP contribution in [0.3, 0.4) is 0 Å². The molecule has 0 saturated carbocycles. The molecule has 0 spiro atoms. The van der Waals surface area contributed by atoms with Gasteiger partial charge in [0.05, 0.1) is 17.9 Å². The molecule has 2 rings (SSSR count). The van der Waals surface area contributed by atoms with Gasteiger partial charge in [-0.2, -0.15) is 0 Å². The van der Waals surface area contributed by atoms with Gasteiger partial charge in [-0.15, -0.1) is 5.10 Å². The minimum absolute atomic E-state index is 0.405. The third kappa shape index (κ3) is 1.93. The van der Waals surface area contributed by atoms with Crippen LogP contribution in [0.2, 0.25) is 0 Å². The van der Waals surface area contributed by atoms with Gasteiger partial charge in [0.25, 0.3) is 0 Å². The molecule has 0 unspecified atom stereocenters. The van der Waals surface area contributed by atoms with Crippen LogP contribution in [0.5, 0.6) is 0 Å². The maximum absolute atomic E-state index is 10.2. The van der Waals surface area contributed by atoms with Crippen LogP contribution in [0.25, 0.3) is 5.69 Å². The molecule has 1 aromatic carbocycles. The van der Waals surface area contributed by atoms with E-state index < -0.39 is 0 Å². The van der Waals surface area contributed by atoms with Gasteiger partial charge in [-0.25, -0.2) is 4.68 Å². The second kappa shape index (κ2) is 4.57. The van der Waals surface area contributed by atoms with E-state index in [-0.39, 0.29) is 0 Å². The quantitative estimate of drug-likeness (QED) is 0.770. The van der Waals surface area contributed by atoms with Crippen molar-refractivity contribution in [3.05, 3.63) is 41.7 Å². The van der Waals surface area contributed by atoms with E-state index in [1.54, 1.807) is 4.68 Å². The largest absolute Gasteiger partial charge is 0.353 e. The van der Waals surface area contributed by atoms with Crippen molar-refractivity contribution in [1.29, 1.82) is 0 Å². The molecule has 0 fully saturated rings. The lowest BCUT2D eigenvalue weighted by molar-refractivity contribution is -0.109. The van der Waals surface area contributed by atoms with Gasteiger partial charge >= 0.3 is 0 Å². The number of amides is 1. The Kier molecular flexibility index (Phi) is 2.95. The number of rotatable bonds is 4. The molecule has 5 heteroatoms. The monoisotopic (exact) mass is 216 g/mol. The summed E-state index contributed by atoms with van der Waals surface area (Å²) in [6, 6.07) is 9.75. The molecule has 0 bridgehead atoms. The highest BCUT2D eigenvalue weighted by molar-refractivity contribution is 5.46. The average Bonchev–Trinajstić information content (AvgIpc) is 2.69. The van der Waals surface area contributed by atoms with E-state index >= 15 is 0 Å². The van der Waals surface area contributed by atoms with Gasteiger partial charge in [0.15, 0.2) is 0 Å². The summed E-state index contributed by atoms with van der Waals surface area (Å²) in [7, 11) is 0. The first-order valence-corrected chi connectivity index (χ1v) is 4.96. The third-order valence-corrected chi connectivity index (χ3v) is 2.34. The van der Waals surface area contributed by atoms with Gasteiger partial charge in [0.1, 0.15) is 5.69 Å². The minimum atomic E-state index is 0.405. The first-order valence-electron chi connectivity index (χ1n) is 4.96. The molecule has 0 aliphatic rings. The van der Waals surface area contributed by atoms with E-state index in [9.17, 15) is 4.79 Å². The molecule has 82 valence electrons. The standard InChI is InChI=1S/C11H12N4O/c1-9-11(7-12-8-16)13-14-15(9)10-5-3-2-4-6-10/h2-6,8H,7H2,1H3,(H,12,16). The second-order valence-corrected chi connectivity index (χ2v) is 3.37. The summed E-state index contributed by atoms with van der Waals surface area (Å²) in [5, 5.41) is 10.6. The summed E-state index contributed by atoms with van der Waals surface area (Å²) in [4.78, 5) is 10.2. The number of carbonyl (C=O) groups is 1. The summed E-state index contributed by atoms with van der Waals surface area (Å²) >= 11 is 0. The smallest absolute Gasteiger partial charge is 0.207 e. The zero-order chi connectivity index (χ0) is 11.4. The van der Waals surface area contributed by atoms with Gasteiger partial charge in [0.2, 0.25) is 6.41 Å². The van der Waals surface area contributed by atoms with E-state index in [1.807, 2.05) is 37.3 Å². The molecule has 16 heavy (non-hydrogen) atoms. The molecular formula is C11H12N4O. The van der Waals surface area contributed by atoms with Gasteiger partial charge < -0.3 is 5.32 Å². The summed E-state index contributed by atoms with van der Waals surface area (Å²) in [6.45, 7) is 2.33. The topological polar surface area (TPSA) is 59.8 Å². The Morgan fingerprint density at radius 1 is 1.38 bits per heavy atom. The van der Waals surface area contributed by atoms with Crippen molar-refractivity contribution in [3.8, 4) is 5.69 Å². The van der Waals surface area contributed by atoms with Crippen LogP contribution in [0, 0.1) is 6.92 Å². The normalized spacial score (nSPS) is 10.1. The molecule has 0 aliphatic heterocycles. The lowest BCUT2D eigenvalue weighted by Crippen LogP contribution is -2.11.